The Labute approximate surface area is 171 Å². The maximum Gasteiger partial charge on any atom is 0.295 e. The van der Waals surface area contributed by atoms with Crippen molar-refractivity contribution in [1.29, 1.82) is 0 Å². The molecule has 0 aliphatic heterocycles. The van der Waals surface area contributed by atoms with Gasteiger partial charge in [-0.1, -0.05) is 22.9 Å². The molecule has 0 unspecified atom stereocenters. The molecular weight excluding hydrogens is 396 g/mol. The molecule has 0 N–H and O–H groups in total. The van der Waals surface area contributed by atoms with E-state index in [4.69, 9.17) is 21.0 Å². The SMILES string of the molecule is Cc1cc(C)n(CCN(C(=O)c2ccco2)c2nc3c(C)c(Cl)ccc3s2)n1. The zero-order valence-electron chi connectivity index (χ0n) is 15.8. The molecule has 28 heavy (non-hydrogen) atoms. The van der Waals surface area contributed by atoms with Crippen molar-refractivity contribution in [3.05, 3.63) is 64.3 Å². The third-order valence-corrected chi connectivity index (χ3v) is 6.04. The first-order valence-electron chi connectivity index (χ1n) is 8.86. The molecule has 0 aliphatic rings. The van der Waals surface area contributed by atoms with Gasteiger partial charge in [0.15, 0.2) is 10.9 Å². The monoisotopic (exact) mass is 414 g/mol. The number of hydrogen-bond acceptors (Lipinski definition) is 5. The van der Waals surface area contributed by atoms with Crippen molar-refractivity contribution in [3.63, 3.8) is 0 Å². The summed E-state index contributed by atoms with van der Waals surface area (Å²) in [5.41, 5.74) is 3.72. The molecule has 4 aromatic rings. The molecule has 0 bridgehead atoms. The number of furan rings is 1. The normalized spacial score (nSPS) is 11.3. The minimum absolute atomic E-state index is 0.227. The first-order chi connectivity index (χ1) is 13.4. The van der Waals surface area contributed by atoms with Gasteiger partial charge in [0, 0.05) is 17.3 Å². The van der Waals surface area contributed by atoms with Gasteiger partial charge in [-0.3, -0.25) is 14.4 Å². The van der Waals surface area contributed by atoms with Crippen molar-refractivity contribution in [2.75, 3.05) is 11.4 Å². The lowest BCUT2D eigenvalue weighted by molar-refractivity contribution is 0.0959. The Balaban J connectivity index is 1.71. The van der Waals surface area contributed by atoms with Gasteiger partial charge in [-0.05, 0) is 56.7 Å². The fourth-order valence-electron chi connectivity index (χ4n) is 3.12. The molecule has 0 fully saturated rings. The standard InChI is InChI=1S/C20H19ClN4O2S/c1-12-11-13(2)25(23-12)9-8-24(19(26)16-5-4-10-27-16)20-22-18-14(3)15(21)6-7-17(18)28-20/h4-7,10-11H,8-9H2,1-3H3. The van der Waals surface area contributed by atoms with E-state index in [-0.39, 0.29) is 11.7 Å². The van der Waals surface area contributed by atoms with Crippen molar-refractivity contribution < 1.29 is 9.21 Å². The highest BCUT2D eigenvalue weighted by Gasteiger charge is 2.24. The van der Waals surface area contributed by atoms with Crippen LogP contribution in [-0.4, -0.2) is 27.2 Å². The lowest BCUT2D eigenvalue weighted by Crippen LogP contribution is -2.34. The van der Waals surface area contributed by atoms with Crippen molar-refractivity contribution in [1.82, 2.24) is 14.8 Å². The van der Waals surface area contributed by atoms with Gasteiger partial charge in [-0.2, -0.15) is 5.10 Å². The van der Waals surface area contributed by atoms with Crippen LogP contribution in [-0.2, 0) is 6.54 Å². The molecule has 0 radical (unpaired) electrons. The molecule has 1 aromatic carbocycles. The number of carbonyl (C=O) groups is 1. The van der Waals surface area contributed by atoms with Gasteiger partial charge >= 0.3 is 0 Å². The second-order valence-electron chi connectivity index (χ2n) is 6.60. The van der Waals surface area contributed by atoms with Crippen molar-refractivity contribution in [3.8, 4) is 0 Å². The van der Waals surface area contributed by atoms with Crippen LogP contribution >= 0.6 is 22.9 Å². The predicted molar refractivity (Wildman–Crippen MR) is 111 cm³/mol. The number of rotatable bonds is 5. The average molecular weight is 415 g/mol. The molecule has 0 saturated carbocycles. The average Bonchev–Trinajstić information content (AvgIpc) is 3.39. The predicted octanol–water partition coefficient (Wildman–Crippen LogP) is 5.01. The minimum Gasteiger partial charge on any atom is -0.459 e. The summed E-state index contributed by atoms with van der Waals surface area (Å²) in [5.74, 6) is 0.0525. The first-order valence-corrected chi connectivity index (χ1v) is 10.1. The number of fused-ring (bicyclic) bond motifs is 1. The Morgan fingerprint density at radius 3 is 2.79 bits per heavy atom. The van der Waals surface area contributed by atoms with Crippen LogP contribution in [0.4, 0.5) is 5.13 Å². The summed E-state index contributed by atoms with van der Waals surface area (Å²) in [5, 5.41) is 5.76. The van der Waals surface area contributed by atoms with Crippen LogP contribution in [0.2, 0.25) is 5.02 Å². The molecule has 4 rings (SSSR count). The van der Waals surface area contributed by atoms with Crippen molar-refractivity contribution in [2.24, 2.45) is 0 Å². The molecule has 3 heterocycles. The molecule has 8 heteroatoms. The van der Waals surface area contributed by atoms with E-state index < -0.39 is 0 Å². The fourth-order valence-corrected chi connectivity index (χ4v) is 4.32. The highest BCUT2D eigenvalue weighted by Crippen LogP contribution is 2.34. The summed E-state index contributed by atoms with van der Waals surface area (Å²) in [6.07, 6.45) is 1.49. The minimum atomic E-state index is -0.227. The molecule has 0 aliphatic carbocycles. The maximum absolute atomic E-state index is 13.1. The number of carbonyl (C=O) groups excluding carboxylic acids is 1. The number of anilines is 1. The third kappa shape index (κ3) is 3.43. The van der Waals surface area contributed by atoms with Crippen LogP contribution in [0.5, 0.6) is 0 Å². The molecule has 144 valence electrons. The van der Waals surface area contributed by atoms with E-state index in [1.807, 2.05) is 43.7 Å². The van der Waals surface area contributed by atoms with E-state index in [1.54, 1.807) is 17.0 Å². The number of aryl methyl sites for hydroxylation is 3. The number of thiazole rings is 1. The highest BCUT2D eigenvalue weighted by molar-refractivity contribution is 7.22. The van der Waals surface area contributed by atoms with Crippen LogP contribution in [0.25, 0.3) is 10.2 Å². The van der Waals surface area contributed by atoms with Crippen LogP contribution in [0.3, 0.4) is 0 Å². The quantitative estimate of drug-likeness (QED) is 0.460. The Kier molecular flexibility index (Phi) is 4.95. The molecule has 3 aromatic heterocycles. The zero-order valence-corrected chi connectivity index (χ0v) is 17.3. The van der Waals surface area contributed by atoms with Gasteiger partial charge in [0.25, 0.3) is 5.91 Å². The third-order valence-electron chi connectivity index (χ3n) is 4.58. The van der Waals surface area contributed by atoms with Crippen LogP contribution < -0.4 is 4.90 Å². The summed E-state index contributed by atoms with van der Waals surface area (Å²) in [6, 6.07) is 9.17. The Bertz CT molecular complexity index is 1150. The number of hydrogen-bond donors (Lipinski definition) is 0. The van der Waals surface area contributed by atoms with Gasteiger partial charge < -0.3 is 4.42 Å². The van der Waals surface area contributed by atoms with Gasteiger partial charge in [0.1, 0.15) is 0 Å². The van der Waals surface area contributed by atoms with E-state index in [1.165, 1.54) is 17.6 Å². The number of amides is 1. The van der Waals surface area contributed by atoms with Gasteiger partial charge in [-0.15, -0.1) is 0 Å². The summed E-state index contributed by atoms with van der Waals surface area (Å²) in [6.45, 7) is 6.87. The summed E-state index contributed by atoms with van der Waals surface area (Å²) in [7, 11) is 0. The van der Waals surface area contributed by atoms with Gasteiger partial charge in [0.05, 0.1) is 28.7 Å². The van der Waals surface area contributed by atoms with Crippen molar-refractivity contribution in [2.45, 2.75) is 27.3 Å². The van der Waals surface area contributed by atoms with Crippen LogP contribution in [0.1, 0.15) is 27.5 Å². The largest absolute Gasteiger partial charge is 0.459 e. The molecule has 6 nitrogen and oxygen atoms in total. The Morgan fingerprint density at radius 1 is 1.29 bits per heavy atom. The zero-order chi connectivity index (χ0) is 19.8. The number of benzene rings is 1. The van der Waals surface area contributed by atoms with E-state index in [0.717, 1.165) is 27.2 Å². The molecular formula is C20H19ClN4O2S. The first kappa shape index (κ1) is 18.7. The van der Waals surface area contributed by atoms with Crippen molar-refractivity contribution >= 4 is 44.2 Å². The van der Waals surface area contributed by atoms with E-state index >= 15 is 0 Å². The lowest BCUT2D eigenvalue weighted by atomic mass is 10.2. The fraction of sp³-hybridized carbons (Fsp3) is 0.250. The Hall–Kier alpha value is -2.64. The number of nitrogens with zero attached hydrogens (tertiary/aromatic N) is 4. The Morgan fingerprint density at radius 2 is 2.11 bits per heavy atom. The van der Waals surface area contributed by atoms with E-state index in [9.17, 15) is 4.79 Å². The van der Waals surface area contributed by atoms with Crippen LogP contribution in [0.15, 0.2) is 41.0 Å². The smallest absolute Gasteiger partial charge is 0.295 e. The number of halogens is 1. The second-order valence-corrected chi connectivity index (χ2v) is 8.02. The van der Waals surface area contributed by atoms with Gasteiger partial charge in [0.2, 0.25) is 0 Å². The van der Waals surface area contributed by atoms with Crippen LogP contribution in [0, 0.1) is 20.8 Å². The molecule has 0 spiro atoms. The molecule has 0 saturated heterocycles. The lowest BCUT2D eigenvalue weighted by Gasteiger charge is -2.19. The number of aromatic nitrogens is 3. The summed E-state index contributed by atoms with van der Waals surface area (Å²) < 4.78 is 8.22. The summed E-state index contributed by atoms with van der Waals surface area (Å²) in [4.78, 5) is 19.4. The maximum atomic E-state index is 13.1. The van der Waals surface area contributed by atoms with E-state index in [2.05, 4.69) is 5.10 Å². The summed E-state index contributed by atoms with van der Waals surface area (Å²) >= 11 is 7.70. The topological polar surface area (TPSA) is 64.2 Å². The molecule has 1 amide bonds. The highest BCUT2D eigenvalue weighted by atomic mass is 35.5. The van der Waals surface area contributed by atoms with E-state index in [0.29, 0.717) is 23.2 Å². The second kappa shape index (κ2) is 7.41. The molecule has 0 atom stereocenters. The van der Waals surface area contributed by atoms with Gasteiger partial charge in [-0.25, -0.2) is 4.98 Å².